The molecule has 2 aromatic rings. The van der Waals surface area contributed by atoms with Crippen LogP contribution in [-0.2, 0) is 14.8 Å². The topological polar surface area (TPSA) is 79.4 Å². The third-order valence-electron chi connectivity index (χ3n) is 3.78. The van der Waals surface area contributed by atoms with Gasteiger partial charge in [-0.05, 0) is 31.0 Å². The molecule has 1 unspecified atom stereocenters. The zero-order valence-corrected chi connectivity index (χ0v) is 13.8. The lowest BCUT2D eigenvalue weighted by molar-refractivity contribution is -0.120. The van der Waals surface area contributed by atoms with E-state index >= 15 is 0 Å². The first kappa shape index (κ1) is 15.4. The van der Waals surface area contributed by atoms with Crippen molar-refractivity contribution >= 4 is 43.2 Å². The maximum atomic E-state index is 12.5. The largest absolute Gasteiger partial charge is 0.325 e. The molecule has 1 amide bonds. The molecule has 1 N–H and O–H groups in total. The van der Waals surface area contributed by atoms with Crippen LogP contribution in [0.4, 0.5) is 5.69 Å². The van der Waals surface area contributed by atoms with Gasteiger partial charge in [0.15, 0.2) is 0 Å². The van der Waals surface area contributed by atoms with E-state index in [1.807, 2.05) is 12.1 Å². The minimum Gasteiger partial charge on any atom is -0.325 e. The molecule has 0 radical (unpaired) electrons. The van der Waals surface area contributed by atoms with Crippen LogP contribution in [0.3, 0.4) is 0 Å². The number of thiazole rings is 1. The Hall–Kier alpha value is -1.51. The van der Waals surface area contributed by atoms with Crippen molar-refractivity contribution in [1.82, 2.24) is 9.29 Å². The number of piperidine rings is 1. The van der Waals surface area contributed by atoms with Gasteiger partial charge in [-0.1, -0.05) is 6.42 Å². The van der Waals surface area contributed by atoms with E-state index in [0.717, 1.165) is 29.3 Å². The van der Waals surface area contributed by atoms with E-state index in [9.17, 15) is 13.2 Å². The van der Waals surface area contributed by atoms with Crippen LogP contribution in [0.5, 0.6) is 0 Å². The van der Waals surface area contributed by atoms with Gasteiger partial charge in [0, 0.05) is 12.2 Å². The lowest BCUT2D eigenvalue weighted by Crippen LogP contribution is -2.49. The lowest BCUT2D eigenvalue weighted by Gasteiger charge is -2.32. The zero-order chi connectivity index (χ0) is 15.7. The van der Waals surface area contributed by atoms with Crippen molar-refractivity contribution in [3.8, 4) is 0 Å². The monoisotopic (exact) mass is 339 g/mol. The molecule has 1 aromatic carbocycles. The predicted octanol–water partition coefficient (Wildman–Crippen LogP) is 2.05. The van der Waals surface area contributed by atoms with Gasteiger partial charge in [-0.25, -0.2) is 13.4 Å². The van der Waals surface area contributed by atoms with Crippen molar-refractivity contribution in [2.45, 2.75) is 25.3 Å². The van der Waals surface area contributed by atoms with E-state index in [2.05, 4.69) is 10.3 Å². The smallest absolute Gasteiger partial charge is 0.242 e. The van der Waals surface area contributed by atoms with Gasteiger partial charge in [-0.3, -0.25) is 4.79 Å². The Morgan fingerprint density at radius 1 is 1.41 bits per heavy atom. The summed E-state index contributed by atoms with van der Waals surface area (Å²) in [5.41, 5.74) is 3.31. The molecule has 1 fully saturated rings. The van der Waals surface area contributed by atoms with Gasteiger partial charge in [0.2, 0.25) is 15.9 Å². The van der Waals surface area contributed by atoms with Crippen LogP contribution in [0.2, 0.25) is 0 Å². The summed E-state index contributed by atoms with van der Waals surface area (Å²) >= 11 is 1.50. The Morgan fingerprint density at radius 3 is 3.00 bits per heavy atom. The molecule has 6 nitrogen and oxygen atoms in total. The molecule has 3 rings (SSSR count). The van der Waals surface area contributed by atoms with Gasteiger partial charge in [-0.15, -0.1) is 11.3 Å². The molecule has 118 valence electrons. The molecule has 1 aliphatic rings. The summed E-state index contributed by atoms with van der Waals surface area (Å²) in [5.74, 6) is -0.269. The van der Waals surface area contributed by atoms with Gasteiger partial charge in [0.05, 0.1) is 22.0 Å². The Kier molecular flexibility index (Phi) is 4.16. The maximum Gasteiger partial charge on any atom is 0.242 e. The molecule has 0 bridgehead atoms. The standard InChI is InChI=1S/C14H17N3O3S2/c1-22(19,20)17-7-3-2-4-12(17)14(18)16-10-5-6-11-13(8-10)21-9-15-11/h5-6,8-9,12H,2-4,7H2,1H3,(H,16,18). The number of fused-ring (bicyclic) bond motifs is 1. The molecule has 1 aromatic heterocycles. The Morgan fingerprint density at radius 2 is 2.23 bits per heavy atom. The minimum absolute atomic E-state index is 0.269. The van der Waals surface area contributed by atoms with E-state index in [1.54, 1.807) is 11.6 Å². The van der Waals surface area contributed by atoms with E-state index in [-0.39, 0.29) is 5.91 Å². The number of amides is 1. The molecule has 8 heteroatoms. The Bertz CT molecular complexity index is 801. The van der Waals surface area contributed by atoms with Crippen LogP contribution < -0.4 is 5.32 Å². The highest BCUT2D eigenvalue weighted by atomic mass is 32.2. The zero-order valence-electron chi connectivity index (χ0n) is 12.2. The molecule has 1 saturated heterocycles. The normalized spacial score (nSPS) is 20.1. The molecule has 0 saturated carbocycles. The fraction of sp³-hybridized carbons (Fsp3) is 0.429. The summed E-state index contributed by atoms with van der Waals surface area (Å²) in [6.45, 7) is 0.408. The van der Waals surface area contributed by atoms with Gasteiger partial charge >= 0.3 is 0 Å². The lowest BCUT2D eigenvalue weighted by atomic mass is 10.0. The Balaban J connectivity index is 1.80. The van der Waals surface area contributed by atoms with Crippen molar-refractivity contribution in [2.24, 2.45) is 0 Å². The summed E-state index contributed by atoms with van der Waals surface area (Å²) in [6.07, 6.45) is 3.37. The van der Waals surface area contributed by atoms with Crippen LogP contribution in [0.1, 0.15) is 19.3 Å². The molecule has 1 atom stereocenters. The first-order valence-electron chi connectivity index (χ1n) is 7.06. The van der Waals surface area contributed by atoms with E-state index in [4.69, 9.17) is 0 Å². The highest BCUT2D eigenvalue weighted by Crippen LogP contribution is 2.24. The van der Waals surface area contributed by atoms with E-state index in [1.165, 1.54) is 15.6 Å². The van der Waals surface area contributed by atoms with Gasteiger partial charge in [0.25, 0.3) is 0 Å². The second-order valence-corrected chi connectivity index (χ2v) is 8.23. The summed E-state index contributed by atoms with van der Waals surface area (Å²) in [5, 5.41) is 2.83. The van der Waals surface area contributed by atoms with Gasteiger partial charge < -0.3 is 5.32 Å². The molecule has 2 heterocycles. The van der Waals surface area contributed by atoms with Gasteiger partial charge in [0.1, 0.15) is 6.04 Å². The number of carbonyl (C=O) groups excluding carboxylic acids is 1. The molecule has 0 spiro atoms. The van der Waals surface area contributed by atoms with Crippen LogP contribution in [0.15, 0.2) is 23.7 Å². The molecule has 1 aliphatic heterocycles. The fourth-order valence-electron chi connectivity index (χ4n) is 2.72. The number of rotatable bonds is 3. The molecule has 22 heavy (non-hydrogen) atoms. The SMILES string of the molecule is CS(=O)(=O)N1CCCCC1C(=O)Nc1ccc2ncsc2c1. The average Bonchev–Trinajstić information content (AvgIpc) is 2.94. The number of nitrogens with zero attached hydrogens (tertiary/aromatic N) is 2. The summed E-state index contributed by atoms with van der Waals surface area (Å²) in [4.78, 5) is 16.7. The first-order chi connectivity index (χ1) is 10.4. The van der Waals surface area contributed by atoms with Crippen LogP contribution >= 0.6 is 11.3 Å². The fourth-order valence-corrected chi connectivity index (χ4v) is 4.56. The number of nitrogens with one attached hydrogen (secondary N) is 1. The number of sulfonamides is 1. The van der Waals surface area contributed by atoms with E-state index < -0.39 is 16.1 Å². The third kappa shape index (κ3) is 3.13. The highest BCUT2D eigenvalue weighted by Gasteiger charge is 2.34. The molecular formula is C14H17N3O3S2. The summed E-state index contributed by atoms with van der Waals surface area (Å²) in [7, 11) is -3.37. The number of hydrogen-bond donors (Lipinski definition) is 1. The van der Waals surface area contributed by atoms with Crippen LogP contribution in [0, 0.1) is 0 Å². The quantitative estimate of drug-likeness (QED) is 0.928. The van der Waals surface area contributed by atoms with Crippen molar-refractivity contribution in [2.75, 3.05) is 18.1 Å². The number of anilines is 1. The number of carbonyl (C=O) groups is 1. The third-order valence-corrected chi connectivity index (χ3v) is 5.86. The predicted molar refractivity (Wildman–Crippen MR) is 87.4 cm³/mol. The molecule has 0 aliphatic carbocycles. The summed E-state index contributed by atoms with van der Waals surface area (Å²) < 4.78 is 26.0. The number of aromatic nitrogens is 1. The summed E-state index contributed by atoms with van der Waals surface area (Å²) in [6, 6.07) is 4.86. The average molecular weight is 339 g/mol. The van der Waals surface area contributed by atoms with Gasteiger partial charge in [-0.2, -0.15) is 4.31 Å². The van der Waals surface area contributed by atoms with Crippen LogP contribution in [-0.4, -0.2) is 42.5 Å². The Labute approximate surface area is 133 Å². The van der Waals surface area contributed by atoms with Crippen molar-refractivity contribution < 1.29 is 13.2 Å². The maximum absolute atomic E-state index is 12.5. The highest BCUT2D eigenvalue weighted by molar-refractivity contribution is 7.88. The van der Waals surface area contributed by atoms with E-state index in [0.29, 0.717) is 18.7 Å². The van der Waals surface area contributed by atoms with Crippen molar-refractivity contribution in [1.29, 1.82) is 0 Å². The molecular weight excluding hydrogens is 322 g/mol. The van der Waals surface area contributed by atoms with Crippen molar-refractivity contribution in [3.05, 3.63) is 23.7 Å². The second kappa shape index (κ2) is 5.94. The number of benzene rings is 1. The van der Waals surface area contributed by atoms with Crippen molar-refractivity contribution in [3.63, 3.8) is 0 Å². The number of hydrogen-bond acceptors (Lipinski definition) is 5. The first-order valence-corrected chi connectivity index (χ1v) is 9.79. The second-order valence-electron chi connectivity index (χ2n) is 5.41. The minimum atomic E-state index is -3.37. The van der Waals surface area contributed by atoms with Crippen LogP contribution in [0.25, 0.3) is 10.2 Å².